The second kappa shape index (κ2) is 7.51. The molecule has 1 aromatic heterocycles. The molecule has 0 radical (unpaired) electrons. The van der Waals surface area contributed by atoms with Gasteiger partial charge >= 0.3 is 0 Å². The molecule has 25 heavy (non-hydrogen) atoms. The maximum atomic E-state index is 12.1. The van der Waals surface area contributed by atoms with Gasteiger partial charge < -0.3 is 9.84 Å². The first-order chi connectivity index (χ1) is 11.9. The highest BCUT2D eigenvalue weighted by Crippen LogP contribution is 2.17. The number of sulfonamides is 1. The number of nitrogens with zero attached hydrogens (tertiary/aromatic N) is 3. The van der Waals surface area contributed by atoms with E-state index in [1.807, 2.05) is 24.3 Å². The molecule has 0 spiro atoms. The minimum Gasteiger partial charge on any atom is -0.356 e. The molecule has 0 aliphatic carbocycles. The van der Waals surface area contributed by atoms with E-state index < -0.39 is 10.0 Å². The van der Waals surface area contributed by atoms with Crippen LogP contribution in [0.25, 0.3) is 11.0 Å². The minimum atomic E-state index is -3.11. The molecule has 1 aliphatic heterocycles. The van der Waals surface area contributed by atoms with E-state index in [4.69, 9.17) is 4.52 Å². The van der Waals surface area contributed by atoms with Crippen LogP contribution in [-0.2, 0) is 21.2 Å². The molecule has 1 aromatic carbocycles. The summed E-state index contributed by atoms with van der Waals surface area (Å²) in [5.74, 6) is -0.103. The fourth-order valence-electron chi connectivity index (χ4n) is 2.92. The van der Waals surface area contributed by atoms with Crippen LogP contribution in [-0.4, -0.2) is 74.2 Å². The van der Waals surface area contributed by atoms with E-state index in [1.165, 1.54) is 10.6 Å². The Morgan fingerprint density at radius 3 is 2.68 bits per heavy atom. The number of hydrogen-bond donors (Lipinski definition) is 1. The molecule has 2 heterocycles. The number of fused-ring (bicyclic) bond motifs is 1. The summed E-state index contributed by atoms with van der Waals surface area (Å²) in [4.78, 5) is 14.2. The van der Waals surface area contributed by atoms with E-state index in [1.54, 1.807) is 0 Å². The molecule has 2 aromatic rings. The molecular formula is C16H22N4O4S. The second-order valence-electron chi connectivity index (χ2n) is 6.16. The van der Waals surface area contributed by atoms with Gasteiger partial charge in [0.15, 0.2) is 5.58 Å². The SMILES string of the molecule is CS(=O)(=O)N1CCN(CCNC(=O)Cc2noc3ccccc23)CC1. The van der Waals surface area contributed by atoms with Crippen molar-refractivity contribution in [2.75, 3.05) is 45.5 Å². The topological polar surface area (TPSA) is 95.8 Å². The van der Waals surface area contributed by atoms with E-state index in [-0.39, 0.29) is 12.3 Å². The predicted octanol–water partition coefficient (Wildman–Crippen LogP) is 0.0637. The first-order valence-corrected chi connectivity index (χ1v) is 10.1. The molecular weight excluding hydrogens is 344 g/mol. The normalized spacial score (nSPS) is 17.0. The molecule has 1 aliphatic rings. The third-order valence-corrected chi connectivity index (χ3v) is 5.63. The number of rotatable bonds is 6. The molecule has 1 saturated heterocycles. The quantitative estimate of drug-likeness (QED) is 0.777. The Hall–Kier alpha value is -1.97. The highest BCUT2D eigenvalue weighted by atomic mass is 32.2. The van der Waals surface area contributed by atoms with Crippen LogP contribution < -0.4 is 5.32 Å². The maximum Gasteiger partial charge on any atom is 0.226 e. The van der Waals surface area contributed by atoms with Crippen LogP contribution in [0.5, 0.6) is 0 Å². The Morgan fingerprint density at radius 2 is 1.96 bits per heavy atom. The van der Waals surface area contributed by atoms with Gasteiger partial charge in [-0.3, -0.25) is 9.69 Å². The van der Waals surface area contributed by atoms with Crippen molar-refractivity contribution in [3.05, 3.63) is 30.0 Å². The van der Waals surface area contributed by atoms with Crippen molar-refractivity contribution in [1.29, 1.82) is 0 Å². The van der Waals surface area contributed by atoms with Gasteiger partial charge in [-0.1, -0.05) is 17.3 Å². The van der Waals surface area contributed by atoms with E-state index in [9.17, 15) is 13.2 Å². The number of piperazine rings is 1. The van der Waals surface area contributed by atoms with Crippen molar-refractivity contribution < 1.29 is 17.7 Å². The van der Waals surface area contributed by atoms with Crippen LogP contribution >= 0.6 is 0 Å². The van der Waals surface area contributed by atoms with Crippen LogP contribution in [0.2, 0.25) is 0 Å². The van der Waals surface area contributed by atoms with E-state index in [0.29, 0.717) is 50.5 Å². The second-order valence-corrected chi connectivity index (χ2v) is 8.14. The Kier molecular flexibility index (Phi) is 5.36. The zero-order valence-electron chi connectivity index (χ0n) is 14.1. The molecule has 0 atom stereocenters. The average Bonchev–Trinajstić information content (AvgIpc) is 2.98. The van der Waals surface area contributed by atoms with Gasteiger partial charge in [0.1, 0.15) is 5.69 Å². The number of nitrogens with one attached hydrogen (secondary N) is 1. The van der Waals surface area contributed by atoms with Gasteiger partial charge in [-0.05, 0) is 12.1 Å². The van der Waals surface area contributed by atoms with E-state index in [2.05, 4.69) is 15.4 Å². The van der Waals surface area contributed by atoms with Crippen LogP contribution in [0.15, 0.2) is 28.8 Å². The fourth-order valence-corrected chi connectivity index (χ4v) is 3.74. The van der Waals surface area contributed by atoms with Gasteiger partial charge in [0.2, 0.25) is 15.9 Å². The summed E-state index contributed by atoms with van der Waals surface area (Å²) in [5.41, 5.74) is 1.31. The van der Waals surface area contributed by atoms with Crippen molar-refractivity contribution in [3.63, 3.8) is 0 Å². The van der Waals surface area contributed by atoms with Crippen molar-refractivity contribution in [2.45, 2.75) is 6.42 Å². The highest BCUT2D eigenvalue weighted by molar-refractivity contribution is 7.88. The summed E-state index contributed by atoms with van der Waals surface area (Å²) in [6, 6.07) is 7.45. The fraction of sp³-hybridized carbons (Fsp3) is 0.500. The van der Waals surface area contributed by atoms with Gasteiger partial charge in [0.25, 0.3) is 0 Å². The minimum absolute atomic E-state index is 0.103. The molecule has 3 rings (SSSR count). The number of carbonyl (C=O) groups is 1. The average molecular weight is 366 g/mol. The third-order valence-electron chi connectivity index (χ3n) is 4.33. The number of aromatic nitrogens is 1. The van der Waals surface area contributed by atoms with Crippen LogP contribution in [0.3, 0.4) is 0 Å². The van der Waals surface area contributed by atoms with Crippen LogP contribution in [0, 0.1) is 0 Å². The predicted molar refractivity (Wildman–Crippen MR) is 93.6 cm³/mol. The number of carbonyl (C=O) groups excluding carboxylic acids is 1. The molecule has 136 valence electrons. The smallest absolute Gasteiger partial charge is 0.226 e. The highest BCUT2D eigenvalue weighted by Gasteiger charge is 2.23. The van der Waals surface area contributed by atoms with Gasteiger partial charge in [-0.25, -0.2) is 8.42 Å². The molecule has 1 N–H and O–H groups in total. The number of amides is 1. The van der Waals surface area contributed by atoms with Gasteiger partial charge in [0, 0.05) is 44.7 Å². The Labute approximate surface area is 146 Å². The number of para-hydroxylation sites is 1. The molecule has 9 heteroatoms. The van der Waals surface area contributed by atoms with Gasteiger partial charge in [-0.2, -0.15) is 4.31 Å². The lowest BCUT2D eigenvalue weighted by atomic mass is 10.1. The summed E-state index contributed by atoms with van der Waals surface area (Å²) >= 11 is 0. The lowest BCUT2D eigenvalue weighted by molar-refractivity contribution is -0.120. The van der Waals surface area contributed by atoms with Crippen molar-refractivity contribution in [1.82, 2.24) is 19.7 Å². The van der Waals surface area contributed by atoms with Gasteiger partial charge in [0.05, 0.1) is 12.7 Å². The largest absolute Gasteiger partial charge is 0.356 e. The standard InChI is InChI=1S/C16H22N4O4S/c1-25(22,23)20-10-8-19(9-11-20)7-6-17-16(21)12-14-13-4-2-3-5-15(13)24-18-14/h2-5H,6-12H2,1H3,(H,17,21). The van der Waals surface area contributed by atoms with Crippen LogP contribution in [0.4, 0.5) is 0 Å². The first-order valence-electron chi connectivity index (χ1n) is 8.21. The summed E-state index contributed by atoms with van der Waals surface area (Å²) < 4.78 is 29.6. The molecule has 1 fully saturated rings. The third kappa shape index (κ3) is 4.56. The van der Waals surface area contributed by atoms with Crippen molar-refractivity contribution in [2.24, 2.45) is 0 Å². The molecule has 0 bridgehead atoms. The zero-order chi connectivity index (χ0) is 17.9. The zero-order valence-corrected chi connectivity index (χ0v) is 15.0. The van der Waals surface area contributed by atoms with Crippen molar-refractivity contribution in [3.8, 4) is 0 Å². The summed E-state index contributed by atoms with van der Waals surface area (Å²) in [6.07, 6.45) is 1.41. The maximum absolute atomic E-state index is 12.1. The lowest BCUT2D eigenvalue weighted by Crippen LogP contribution is -2.49. The Bertz CT molecular complexity index is 841. The first kappa shape index (κ1) is 17.8. The number of hydrogen-bond acceptors (Lipinski definition) is 6. The Morgan fingerprint density at radius 1 is 1.24 bits per heavy atom. The summed E-state index contributed by atoms with van der Waals surface area (Å²) in [7, 11) is -3.11. The summed E-state index contributed by atoms with van der Waals surface area (Å²) in [5, 5.41) is 7.69. The van der Waals surface area contributed by atoms with Gasteiger partial charge in [-0.15, -0.1) is 0 Å². The lowest BCUT2D eigenvalue weighted by Gasteiger charge is -2.33. The molecule has 1 amide bonds. The van der Waals surface area contributed by atoms with E-state index in [0.717, 1.165) is 5.39 Å². The van der Waals surface area contributed by atoms with Crippen LogP contribution in [0.1, 0.15) is 5.69 Å². The van der Waals surface area contributed by atoms with E-state index >= 15 is 0 Å². The molecule has 0 saturated carbocycles. The monoisotopic (exact) mass is 366 g/mol. The van der Waals surface area contributed by atoms with Crippen molar-refractivity contribution >= 4 is 26.9 Å². The Balaban J connectivity index is 1.42. The summed E-state index contributed by atoms with van der Waals surface area (Å²) in [6.45, 7) is 3.57. The molecule has 0 unspecified atom stereocenters. The molecule has 8 nitrogen and oxygen atoms in total. The number of benzene rings is 1.